The molecule has 3 rings (SSSR count). The summed E-state index contributed by atoms with van der Waals surface area (Å²) >= 11 is 0. The summed E-state index contributed by atoms with van der Waals surface area (Å²) in [6.45, 7) is 7.12. The lowest BCUT2D eigenvalue weighted by atomic mass is 10.1. The maximum atomic E-state index is 13.6. The second-order valence-electron chi connectivity index (χ2n) is 8.69. The lowest BCUT2D eigenvalue weighted by Gasteiger charge is -2.24. The van der Waals surface area contributed by atoms with Crippen molar-refractivity contribution < 1.29 is 22.7 Å². The highest BCUT2D eigenvalue weighted by Gasteiger charge is 2.27. The number of amides is 1. The van der Waals surface area contributed by atoms with Crippen LogP contribution < -0.4 is 19.2 Å². The van der Waals surface area contributed by atoms with Gasteiger partial charge in [-0.25, -0.2) is 13.8 Å². The van der Waals surface area contributed by atoms with Crippen molar-refractivity contribution in [3.05, 3.63) is 82.9 Å². The van der Waals surface area contributed by atoms with Crippen molar-refractivity contribution in [2.75, 3.05) is 25.1 Å². The molecule has 0 aliphatic carbocycles. The minimum Gasteiger partial charge on any atom is -0.493 e. The Kier molecular flexibility index (Phi) is 8.94. The first-order chi connectivity index (χ1) is 17.6. The van der Waals surface area contributed by atoms with Crippen molar-refractivity contribution in [2.45, 2.75) is 39.0 Å². The highest BCUT2D eigenvalue weighted by atomic mass is 32.2. The molecule has 1 amide bonds. The Labute approximate surface area is 219 Å². The third-order valence-corrected chi connectivity index (χ3v) is 7.55. The van der Waals surface area contributed by atoms with Crippen LogP contribution in [-0.2, 0) is 14.8 Å². The number of hydrogen-bond donors (Lipinski definition) is 1. The number of hydrogen-bond acceptors (Lipinski definition) is 6. The van der Waals surface area contributed by atoms with E-state index in [-0.39, 0.29) is 4.90 Å². The van der Waals surface area contributed by atoms with Crippen LogP contribution in [0.1, 0.15) is 35.6 Å². The van der Waals surface area contributed by atoms with Crippen LogP contribution in [0.15, 0.2) is 70.7 Å². The number of anilines is 1. The van der Waals surface area contributed by atoms with E-state index in [2.05, 4.69) is 10.5 Å². The molecule has 0 radical (unpaired) electrons. The predicted molar refractivity (Wildman–Crippen MR) is 146 cm³/mol. The van der Waals surface area contributed by atoms with Crippen molar-refractivity contribution in [1.29, 1.82) is 0 Å². The van der Waals surface area contributed by atoms with Gasteiger partial charge in [-0.3, -0.25) is 9.10 Å². The zero-order valence-corrected chi connectivity index (χ0v) is 22.8. The number of carbonyl (C=O) groups excluding carboxylic acids is 1. The first-order valence-corrected chi connectivity index (χ1v) is 13.3. The van der Waals surface area contributed by atoms with Gasteiger partial charge in [-0.05, 0) is 80.8 Å². The van der Waals surface area contributed by atoms with E-state index in [1.807, 2.05) is 39.8 Å². The van der Waals surface area contributed by atoms with Crippen molar-refractivity contribution in [3.8, 4) is 11.5 Å². The van der Waals surface area contributed by atoms with Crippen molar-refractivity contribution >= 4 is 27.3 Å². The van der Waals surface area contributed by atoms with Gasteiger partial charge in [-0.15, -0.1) is 0 Å². The van der Waals surface area contributed by atoms with Gasteiger partial charge in [-0.2, -0.15) is 5.10 Å². The molecule has 1 N–H and O–H groups in total. The minimum absolute atomic E-state index is 0.105. The molecule has 0 bridgehead atoms. The zero-order chi connectivity index (χ0) is 27.2. The van der Waals surface area contributed by atoms with E-state index < -0.39 is 22.5 Å². The topological polar surface area (TPSA) is 97.3 Å². The fourth-order valence-electron chi connectivity index (χ4n) is 3.91. The number of aryl methyl sites for hydroxylation is 3. The van der Waals surface area contributed by atoms with Crippen molar-refractivity contribution in [3.63, 3.8) is 0 Å². The number of hydrazone groups is 1. The van der Waals surface area contributed by atoms with Gasteiger partial charge in [0.15, 0.2) is 11.5 Å². The highest BCUT2D eigenvalue weighted by molar-refractivity contribution is 7.92. The zero-order valence-electron chi connectivity index (χ0n) is 22.0. The second kappa shape index (κ2) is 11.9. The lowest BCUT2D eigenvalue weighted by molar-refractivity contribution is -0.119. The molecule has 0 aliphatic heterocycles. The molecule has 0 aliphatic rings. The summed E-state index contributed by atoms with van der Waals surface area (Å²) in [5.41, 5.74) is 7.01. The first kappa shape index (κ1) is 27.7. The number of sulfonamides is 1. The van der Waals surface area contributed by atoms with Crippen LogP contribution >= 0.6 is 0 Å². The summed E-state index contributed by atoms with van der Waals surface area (Å²) in [7, 11) is -0.921. The van der Waals surface area contributed by atoms with Gasteiger partial charge in [0, 0.05) is 5.56 Å². The maximum Gasteiger partial charge on any atom is 0.264 e. The number of rotatable bonds is 10. The van der Waals surface area contributed by atoms with Gasteiger partial charge < -0.3 is 9.47 Å². The van der Waals surface area contributed by atoms with Gasteiger partial charge in [0.2, 0.25) is 0 Å². The molecule has 8 nitrogen and oxygen atoms in total. The standard InChI is InChI=1S/C28H33N3O5S/c1-7-25(22-10-13-26(35-5)27(17-22)36-6)29-30-28(32)18-31(23-15-20(3)14-21(4)16-23)37(33,34)24-11-8-19(2)9-12-24/h8-17H,7,18H2,1-6H3,(H,30,32)/b29-25+. The molecule has 0 heterocycles. The normalized spacial score (nSPS) is 11.7. The van der Waals surface area contributed by atoms with Gasteiger partial charge >= 0.3 is 0 Å². The first-order valence-electron chi connectivity index (χ1n) is 11.8. The predicted octanol–water partition coefficient (Wildman–Crippen LogP) is 4.75. The van der Waals surface area contributed by atoms with Crippen molar-refractivity contribution in [1.82, 2.24) is 5.43 Å². The monoisotopic (exact) mass is 523 g/mol. The number of ether oxygens (including phenoxy) is 2. The average Bonchev–Trinajstić information content (AvgIpc) is 2.87. The van der Waals surface area contributed by atoms with E-state index in [1.54, 1.807) is 62.8 Å². The van der Waals surface area contributed by atoms with Crippen LogP contribution in [0.5, 0.6) is 11.5 Å². The van der Waals surface area contributed by atoms with Crippen LogP contribution in [0.25, 0.3) is 0 Å². The number of carbonyl (C=O) groups is 1. The van der Waals surface area contributed by atoms with Crippen LogP contribution in [0, 0.1) is 20.8 Å². The van der Waals surface area contributed by atoms with E-state index in [0.717, 1.165) is 26.6 Å². The van der Waals surface area contributed by atoms with Crippen LogP contribution in [0.2, 0.25) is 0 Å². The quantitative estimate of drug-likeness (QED) is 0.305. The second-order valence-corrected chi connectivity index (χ2v) is 10.5. The van der Waals surface area contributed by atoms with Crippen LogP contribution in [0.4, 0.5) is 5.69 Å². The van der Waals surface area contributed by atoms with Gasteiger partial charge in [-0.1, -0.05) is 30.7 Å². The number of benzene rings is 3. The minimum atomic E-state index is -4.02. The number of nitrogens with one attached hydrogen (secondary N) is 1. The third-order valence-electron chi connectivity index (χ3n) is 5.76. The molecule has 9 heteroatoms. The Hall–Kier alpha value is -3.85. The molecule has 0 saturated heterocycles. The largest absolute Gasteiger partial charge is 0.493 e. The van der Waals surface area contributed by atoms with Gasteiger partial charge in [0.05, 0.1) is 30.5 Å². The molecule has 196 valence electrons. The molecule has 3 aromatic rings. The Bertz CT molecular complexity index is 1380. The number of nitrogens with zero attached hydrogens (tertiary/aromatic N) is 2. The molecule has 37 heavy (non-hydrogen) atoms. The van der Waals surface area contributed by atoms with E-state index >= 15 is 0 Å². The summed E-state index contributed by atoms with van der Waals surface area (Å²) in [6, 6.07) is 17.3. The highest BCUT2D eigenvalue weighted by Crippen LogP contribution is 2.28. The smallest absolute Gasteiger partial charge is 0.264 e. The maximum absolute atomic E-state index is 13.6. The van der Waals surface area contributed by atoms with Gasteiger partial charge in [0.25, 0.3) is 15.9 Å². The SMILES string of the molecule is CC/C(=N\NC(=O)CN(c1cc(C)cc(C)c1)S(=O)(=O)c1ccc(C)cc1)c1ccc(OC)c(OC)c1. The fraction of sp³-hybridized carbons (Fsp3) is 0.286. The Balaban J connectivity index is 1.92. The third kappa shape index (κ3) is 6.68. The molecule has 0 fully saturated rings. The van der Waals surface area contributed by atoms with Crippen LogP contribution in [-0.4, -0.2) is 40.8 Å². The molecule has 0 saturated carbocycles. The van der Waals surface area contributed by atoms with Crippen LogP contribution in [0.3, 0.4) is 0 Å². The molecule has 3 aromatic carbocycles. The Morgan fingerprint density at radius 2 is 1.49 bits per heavy atom. The number of methoxy groups -OCH3 is 2. The lowest BCUT2D eigenvalue weighted by Crippen LogP contribution is -2.40. The molecular formula is C28H33N3O5S. The van der Waals surface area contributed by atoms with Gasteiger partial charge in [0.1, 0.15) is 6.54 Å². The summed E-state index contributed by atoms with van der Waals surface area (Å²) in [4.78, 5) is 13.1. The summed E-state index contributed by atoms with van der Waals surface area (Å²) < 4.78 is 39.0. The summed E-state index contributed by atoms with van der Waals surface area (Å²) in [6.07, 6.45) is 0.526. The van der Waals surface area contributed by atoms with E-state index in [1.165, 1.54) is 0 Å². The Morgan fingerprint density at radius 3 is 2.05 bits per heavy atom. The average molecular weight is 524 g/mol. The molecule has 0 unspecified atom stereocenters. The summed E-state index contributed by atoms with van der Waals surface area (Å²) in [5, 5.41) is 4.29. The Morgan fingerprint density at radius 1 is 0.865 bits per heavy atom. The summed E-state index contributed by atoms with van der Waals surface area (Å²) in [5.74, 6) is 0.551. The molecule has 0 spiro atoms. The van der Waals surface area contributed by atoms with E-state index in [9.17, 15) is 13.2 Å². The van der Waals surface area contributed by atoms with E-state index in [0.29, 0.717) is 29.3 Å². The van der Waals surface area contributed by atoms with E-state index in [4.69, 9.17) is 9.47 Å². The fourth-order valence-corrected chi connectivity index (χ4v) is 5.31. The molecule has 0 aromatic heterocycles. The molecule has 0 atom stereocenters. The van der Waals surface area contributed by atoms with Crippen molar-refractivity contribution in [2.24, 2.45) is 5.10 Å². The molecular weight excluding hydrogens is 490 g/mol.